The number of nitrogens with zero attached hydrogens (tertiary/aromatic N) is 2. The van der Waals surface area contributed by atoms with E-state index in [2.05, 4.69) is 4.98 Å². The molecule has 1 aliphatic heterocycles. The van der Waals surface area contributed by atoms with E-state index in [0.29, 0.717) is 27.4 Å². The van der Waals surface area contributed by atoms with Crippen LogP contribution in [0.3, 0.4) is 0 Å². The summed E-state index contributed by atoms with van der Waals surface area (Å²) in [6.07, 6.45) is -0.379. The molecule has 0 aliphatic carbocycles. The summed E-state index contributed by atoms with van der Waals surface area (Å²) in [5, 5.41) is 1.30. The quantitative estimate of drug-likeness (QED) is 0.498. The van der Waals surface area contributed by atoms with Gasteiger partial charge in [-0.05, 0) is 29.8 Å². The minimum absolute atomic E-state index is 0.113. The molecule has 0 fully saturated rings. The van der Waals surface area contributed by atoms with Gasteiger partial charge in [-0.3, -0.25) is 9.36 Å². The number of hydrogen-bond acceptors (Lipinski definition) is 4. The molecule has 29 heavy (non-hydrogen) atoms. The summed E-state index contributed by atoms with van der Waals surface area (Å²) in [6, 6.07) is 11.9. The molecular formula is C20H14Cl3FN2O3. The van der Waals surface area contributed by atoms with E-state index >= 15 is 0 Å². The Morgan fingerprint density at radius 3 is 2.66 bits per heavy atom. The summed E-state index contributed by atoms with van der Waals surface area (Å²) in [6.45, 7) is -0.192. The van der Waals surface area contributed by atoms with Crippen LogP contribution in [0, 0.1) is 0 Å². The highest BCUT2D eigenvalue weighted by Crippen LogP contribution is 2.37. The van der Waals surface area contributed by atoms with Crippen LogP contribution in [0.1, 0.15) is 5.69 Å². The fraction of sp³-hybridized carbons (Fsp3) is 0.200. The summed E-state index contributed by atoms with van der Waals surface area (Å²) in [7, 11) is 0. The van der Waals surface area contributed by atoms with Gasteiger partial charge in [-0.1, -0.05) is 46.9 Å². The Morgan fingerprint density at radius 1 is 1.17 bits per heavy atom. The Kier molecular flexibility index (Phi) is 5.67. The maximum absolute atomic E-state index is 13.1. The molecule has 1 aliphatic rings. The minimum atomic E-state index is -0.765. The highest BCUT2D eigenvalue weighted by atomic mass is 35.5. The lowest BCUT2D eigenvalue weighted by molar-refractivity contribution is 0.143. The van der Waals surface area contributed by atoms with Gasteiger partial charge in [-0.15, -0.1) is 0 Å². The summed E-state index contributed by atoms with van der Waals surface area (Å²) >= 11 is 18.4. The average molecular weight is 456 g/mol. The molecule has 4 rings (SSSR count). The number of rotatable bonds is 5. The molecular weight excluding hydrogens is 442 g/mol. The standard InChI is InChI=1S/C20H14Cl3FN2O3/c21-12-5-16(19(23)17(22)6-12)11-1-3-14(4-2-11)28-10-15-9-26-13(8-24)7-18(27)25-20(26)29-15/h1-7,15H,8-10H2/t15-/m0/s1. The van der Waals surface area contributed by atoms with E-state index in [1.165, 1.54) is 6.07 Å². The van der Waals surface area contributed by atoms with Crippen LogP contribution in [0.5, 0.6) is 11.8 Å². The molecule has 3 aromatic rings. The zero-order valence-electron chi connectivity index (χ0n) is 14.9. The summed E-state index contributed by atoms with van der Waals surface area (Å²) in [5.41, 5.74) is 1.27. The molecule has 1 atom stereocenters. The van der Waals surface area contributed by atoms with Crippen LogP contribution in [0.4, 0.5) is 4.39 Å². The van der Waals surface area contributed by atoms with Gasteiger partial charge in [0.25, 0.3) is 5.56 Å². The fourth-order valence-corrected chi connectivity index (χ4v) is 3.80. The molecule has 150 valence electrons. The number of aromatic nitrogens is 2. The second-order valence-corrected chi connectivity index (χ2v) is 7.66. The molecule has 0 spiro atoms. The topological polar surface area (TPSA) is 53.4 Å². The van der Waals surface area contributed by atoms with E-state index in [-0.39, 0.29) is 24.4 Å². The van der Waals surface area contributed by atoms with Gasteiger partial charge < -0.3 is 9.47 Å². The van der Waals surface area contributed by atoms with Gasteiger partial charge in [0.05, 0.1) is 22.3 Å². The third-order valence-corrected chi connectivity index (χ3v) is 5.48. The maximum Gasteiger partial charge on any atom is 0.300 e. The normalized spacial score (nSPS) is 15.1. The zero-order chi connectivity index (χ0) is 20.5. The van der Waals surface area contributed by atoms with Crippen LogP contribution in [0.15, 0.2) is 47.3 Å². The van der Waals surface area contributed by atoms with Crippen LogP contribution in [-0.2, 0) is 13.2 Å². The summed E-state index contributed by atoms with van der Waals surface area (Å²) in [5.74, 6) is 0.616. The lowest BCUT2D eigenvalue weighted by atomic mass is 10.1. The maximum atomic E-state index is 13.1. The molecule has 0 N–H and O–H groups in total. The molecule has 0 saturated carbocycles. The van der Waals surface area contributed by atoms with Crippen LogP contribution in [-0.4, -0.2) is 22.3 Å². The lowest BCUT2D eigenvalue weighted by Crippen LogP contribution is -2.23. The first kappa shape index (κ1) is 20.0. The van der Waals surface area contributed by atoms with Crippen LogP contribution >= 0.6 is 34.8 Å². The average Bonchev–Trinajstić information content (AvgIpc) is 3.11. The van der Waals surface area contributed by atoms with E-state index in [4.69, 9.17) is 44.3 Å². The van der Waals surface area contributed by atoms with E-state index in [1.807, 2.05) is 12.1 Å². The molecule has 2 aromatic carbocycles. The van der Waals surface area contributed by atoms with Gasteiger partial charge in [-0.2, -0.15) is 4.98 Å². The first-order chi connectivity index (χ1) is 13.9. The third-order valence-electron chi connectivity index (χ3n) is 4.46. The van der Waals surface area contributed by atoms with E-state index in [0.717, 1.165) is 11.1 Å². The van der Waals surface area contributed by atoms with Gasteiger partial charge in [0.1, 0.15) is 19.0 Å². The summed E-state index contributed by atoms with van der Waals surface area (Å²) in [4.78, 5) is 15.2. The smallest absolute Gasteiger partial charge is 0.300 e. The van der Waals surface area contributed by atoms with Crippen molar-refractivity contribution in [2.75, 3.05) is 6.61 Å². The number of benzene rings is 2. The number of fused-ring (bicyclic) bond motifs is 1. The van der Waals surface area contributed by atoms with Crippen molar-refractivity contribution < 1.29 is 13.9 Å². The molecule has 1 aromatic heterocycles. The zero-order valence-corrected chi connectivity index (χ0v) is 17.1. The van der Waals surface area contributed by atoms with Crippen molar-refractivity contribution in [1.29, 1.82) is 0 Å². The Labute approximate surface area is 180 Å². The van der Waals surface area contributed by atoms with Gasteiger partial charge in [0, 0.05) is 16.7 Å². The van der Waals surface area contributed by atoms with Crippen LogP contribution < -0.4 is 15.0 Å². The second-order valence-electron chi connectivity index (χ2n) is 6.44. The van der Waals surface area contributed by atoms with Gasteiger partial charge >= 0.3 is 6.01 Å². The first-order valence-corrected chi connectivity index (χ1v) is 9.79. The predicted molar refractivity (Wildman–Crippen MR) is 110 cm³/mol. The number of halogens is 4. The van der Waals surface area contributed by atoms with Crippen molar-refractivity contribution in [2.45, 2.75) is 19.3 Å². The van der Waals surface area contributed by atoms with E-state index in [1.54, 1.807) is 28.8 Å². The molecule has 0 radical (unpaired) electrons. The molecule has 9 heteroatoms. The number of alkyl halides is 1. The third kappa shape index (κ3) is 4.20. The highest BCUT2D eigenvalue weighted by molar-refractivity contribution is 6.45. The van der Waals surface area contributed by atoms with Crippen molar-refractivity contribution in [3.63, 3.8) is 0 Å². The second kappa shape index (κ2) is 8.22. The summed E-state index contributed by atoms with van der Waals surface area (Å²) < 4.78 is 26.0. The van der Waals surface area contributed by atoms with Crippen molar-refractivity contribution in [3.05, 3.63) is 73.6 Å². The Hall–Kier alpha value is -2.28. The number of ether oxygens (including phenoxy) is 2. The van der Waals surface area contributed by atoms with Gasteiger partial charge in [-0.25, -0.2) is 4.39 Å². The fourth-order valence-electron chi connectivity index (χ4n) is 3.09. The van der Waals surface area contributed by atoms with E-state index in [9.17, 15) is 9.18 Å². The first-order valence-electron chi connectivity index (χ1n) is 8.66. The van der Waals surface area contributed by atoms with Gasteiger partial charge in [0.2, 0.25) is 0 Å². The number of hydrogen-bond donors (Lipinski definition) is 0. The van der Waals surface area contributed by atoms with E-state index < -0.39 is 12.2 Å². The molecule has 2 heterocycles. The molecule has 0 unspecified atom stereocenters. The Morgan fingerprint density at radius 2 is 1.93 bits per heavy atom. The van der Waals surface area contributed by atoms with Crippen LogP contribution in [0.2, 0.25) is 15.1 Å². The monoisotopic (exact) mass is 454 g/mol. The van der Waals surface area contributed by atoms with Crippen molar-refractivity contribution >= 4 is 34.8 Å². The lowest BCUT2D eigenvalue weighted by Gasteiger charge is -2.12. The van der Waals surface area contributed by atoms with Crippen molar-refractivity contribution in [2.24, 2.45) is 0 Å². The molecule has 0 saturated heterocycles. The van der Waals surface area contributed by atoms with Crippen molar-refractivity contribution in [3.8, 4) is 22.9 Å². The van der Waals surface area contributed by atoms with Crippen LogP contribution in [0.25, 0.3) is 11.1 Å². The molecule has 5 nitrogen and oxygen atoms in total. The van der Waals surface area contributed by atoms with Crippen molar-refractivity contribution in [1.82, 2.24) is 9.55 Å². The highest BCUT2D eigenvalue weighted by Gasteiger charge is 2.26. The Bertz CT molecular complexity index is 1120. The SMILES string of the molecule is O=c1cc(CF)n2c(n1)O[C@H](COc1ccc(-c3cc(Cl)cc(Cl)c3Cl)cc1)C2. The molecule has 0 amide bonds. The largest absolute Gasteiger partial charge is 0.490 e. The molecule has 0 bridgehead atoms. The Balaban J connectivity index is 1.44. The minimum Gasteiger partial charge on any atom is -0.490 e. The van der Waals surface area contributed by atoms with Gasteiger partial charge in [0.15, 0.2) is 6.10 Å². The predicted octanol–water partition coefficient (Wildman–Crippen LogP) is 5.18.